The Morgan fingerprint density at radius 3 is 2.50 bits per heavy atom. The molecule has 0 atom stereocenters. The highest BCUT2D eigenvalue weighted by molar-refractivity contribution is 5.70. The third-order valence-electron chi connectivity index (χ3n) is 2.73. The topological polar surface area (TPSA) is 75.4 Å². The number of aromatic nitrogens is 2. The van der Waals surface area contributed by atoms with Crippen LogP contribution < -0.4 is 0 Å². The van der Waals surface area contributed by atoms with E-state index in [0.717, 1.165) is 22.5 Å². The Morgan fingerprint density at radius 1 is 1.33 bits per heavy atom. The van der Waals surface area contributed by atoms with E-state index in [4.69, 9.17) is 10.2 Å². The Labute approximate surface area is 104 Å². The summed E-state index contributed by atoms with van der Waals surface area (Å²) in [5.74, 6) is -0.847. The number of carbonyl (C=O) groups is 1. The monoisotopic (exact) mass is 246 g/mol. The molecule has 94 valence electrons. The number of aliphatic carboxylic acids is 1. The number of carboxylic acids is 1. The molecule has 2 rings (SSSR count). The van der Waals surface area contributed by atoms with Gasteiger partial charge in [0.15, 0.2) is 0 Å². The van der Waals surface area contributed by atoms with Crippen molar-refractivity contribution in [1.29, 1.82) is 0 Å². The van der Waals surface area contributed by atoms with E-state index >= 15 is 0 Å². The molecule has 18 heavy (non-hydrogen) atoms. The highest BCUT2D eigenvalue weighted by Gasteiger charge is 2.06. The van der Waals surface area contributed by atoms with Gasteiger partial charge >= 0.3 is 5.97 Å². The molecular weight excluding hydrogens is 232 g/mol. The minimum atomic E-state index is -0.847. The van der Waals surface area contributed by atoms with Crippen LogP contribution in [-0.2, 0) is 17.8 Å². The zero-order valence-electron chi connectivity index (χ0n) is 10.00. The predicted octanol–water partition coefficient (Wildman–Crippen LogP) is 1.30. The molecular formula is C13H14N2O3. The molecule has 0 aliphatic heterocycles. The van der Waals surface area contributed by atoms with E-state index < -0.39 is 5.97 Å². The lowest BCUT2D eigenvalue weighted by Crippen LogP contribution is -2.00. The van der Waals surface area contributed by atoms with Crippen molar-refractivity contribution in [2.75, 3.05) is 0 Å². The Bertz CT molecular complexity index is 558. The van der Waals surface area contributed by atoms with Crippen molar-refractivity contribution in [2.24, 2.45) is 0 Å². The van der Waals surface area contributed by atoms with Crippen LogP contribution >= 0.6 is 0 Å². The summed E-state index contributed by atoms with van der Waals surface area (Å²) in [6.07, 6.45) is 1.78. The molecule has 0 fully saturated rings. The van der Waals surface area contributed by atoms with Crippen LogP contribution in [0.25, 0.3) is 5.69 Å². The molecule has 0 unspecified atom stereocenters. The predicted molar refractivity (Wildman–Crippen MR) is 65.6 cm³/mol. The third kappa shape index (κ3) is 2.57. The van der Waals surface area contributed by atoms with Gasteiger partial charge in [-0.3, -0.25) is 4.79 Å². The number of carboxylic acid groups (broad SMARTS) is 1. The summed E-state index contributed by atoms with van der Waals surface area (Å²) >= 11 is 0. The van der Waals surface area contributed by atoms with Crippen molar-refractivity contribution in [3.8, 4) is 5.69 Å². The van der Waals surface area contributed by atoms with Gasteiger partial charge in [-0.05, 0) is 24.6 Å². The first-order valence-electron chi connectivity index (χ1n) is 5.57. The standard InChI is InChI=1S/C13H14N2O3/c1-9-11(8-16)7-15(14-9)12-4-2-10(3-5-12)6-13(17)18/h2-5,7,16H,6,8H2,1H3,(H,17,18). The van der Waals surface area contributed by atoms with E-state index in [9.17, 15) is 4.79 Å². The van der Waals surface area contributed by atoms with Gasteiger partial charge in [-0.15, -0.1) is 0 Å². The van der Waals surface area contributed by atoms with Gasteiger partial charge < -0.3 is 10.2 Å². The van der Waals surface area contributed by atoms with Crippen LogP contribution in [0.4, 0.5) is 0 Å². The maximum atomic E-state index is 10.6. The number of aryl methyl sites for hydroxylation is 1. The minimum Gasteiger partial charge on any atom is -0.481 e. The van der Waals surface area contributed by atoms with E-state index in [1.54, 1.807) is 23.0 Å². The molecule has 0 saturated carbocycles. The van der Waals surface area contributed by atoms with Crippen LogP contribution in [0.1, 0.15) is 16.8 Å². The minimum absolute atomic E-state index is 0.0142. The van der Waals surface area contributed by atoms with E-state index in [0.29, 0.717) is 0 Å². The maximum absolute atomic E-state index is 10.6. The van der Waals surface area contributed by atoms with Crippen molar-refractivity contribution in [3.05, 3.63) is 47.3 Å². The van der Waals surface area contributed by atoms with Crippen molar-refractivity contribution >= 4 is 5.97 Å². The van der Waals surface area contributed by atoms with E-state index in [-0.39, 0.29) is 13.0 Å². The second kappa shape index (κ2) is 5.01. The quantitative estimate of drug-likeness (QED) is 0.852. The van der Waals surface area contributed by atoms with Crippen LogP contribution in [-0.4, -0.2) is 26.0 Å². The summed E-state index contributed by atoms with van der Waals surface area (Å²) < 4.78 is 1.67. The molecule has 0 spiro atoms. The lowest BCUT2D eigenvalue weighted by atomic mass is 10.1. The first kappa shape index (κ1) is 12.3. The smallest absolute Gasteiger partial charge is 0.307 e. The lowest BCUT2D eigenvalue weighted by molar-refractivity contribution is -0.136. The fourth-order valence-electron chi connectivity index (χ4n) is 1.72. The van der Waals surface area contributed by atoms with Crippen LogP contribution in [0, 0.1) is 6.92 Å². The van der Waals surface area contributed by atoms with E-state index in [1.165, 1.54) is 0 Å². The van der Waals surface area contributed by atoms with Crippen molar-refractivity contribution in [2.45, 2.75) is 20.0 Å². The van der Waals surface area contributed by atoms with E-state index in [2.05, 4.69) is 5.10 Å². The second-order valence-corrected chi connectivity index (χ2v) is 4.08. The molecule has 0 bridgehead atoms. The zero-order valence-corrected chi connectivity index (χ0v) is 10.00. The van der Waals surface area contributed by atoms with Crippen LogP contribution in [0.2, 0.25) is 0 Å². The number of aliphatic hydroxyl groups is 1. The summed E-state index contributed by atoms with van der Waals surface area (Å²) in [4.78, 5) is 10.6. The normalized spacial score (nSPS) is 10.6. The summed E-state index contributed by atoms with van der Waals surface area (Å²) in [5.41, 5.74) is 3.15. The van der Waals surface area contributed by atoms with Gasteiger partial charge in [-0.25, -0.2) is 4.68 Å². The Hall–Kier alpha value is -2.14. The molecule has 0 radical (unpaired) electrons. The van der Waals surface area contributed by atoms with Gasteiger partial charge in [-0.2, -0.15) is 5.10 Å². The fourth-order valence-corrected chi connectivity index (χ4v) is 1.72. The molecule has 2 N–H and O–H groups in total. The fraction of sp³-hybridized carbons (Fsp3) is 0.231. The van der Waals surface area contributed by atoms with Crippen LogP contribution in [0.3, 0.4) is 0 Å². The summed E-state index contributed by atoms with van der Waals surface area (Å²) in [6.45, 7) is 1.80. The Balaban J connectivity index is 2.25. The van der Waals surface area contributed by atoms with E-state index in [1.807, 2.05) is 19.1 Å². The largest absolute Gasteiger partial charge is 0.481 e. The van der Waals surface area contributed by atoms with Gasteiger partial charge in [0.25, 0.3) is 0 Å². The maximum Gasteiger partial charge on any atom is 0.307 e. The number of hydrogen-bond donors (Lipinski definition) is 2. The zero-order chi connectivity index (χ0) is 13.1. The average molecular weight is 246 g/mol. The van der Waals surface area contributed by atoms with Crippen LogP contribution in [0.5, 0.6) is 0 Å². The number of benzene rings is 1. The average Bonchev–Trinajstić information content (AvgIpc) is 2.71. The Morgan fingerprint density at radius 2 is 2.00 bits per heavy atom. The lowest BCUT2D eigenvalue weighted by Gasteiger charge is -2.02. The highest BCUT2D eigenvalue weighted by atomic mass is 16.4. The van der Waals surface area contributed by atoms with Gasteiger partial charge in [-0.1, -0.05) is 12.1 Å². The van der Waals surface area contributed by atoms with Gasteiger partial charge in [0, 0.05) is 11.8 Å². The number of rotatable bonds is 4. The third-order valence-corrected chi connectivity index (χ3v) is 2.73. The first-order valence-corrected chi connectivity index (χ1v) is 5.57. The molecule has 0 aliphatic carbocycles. The molecule has 5 heteroatoms. The molecule has 2 aromatic rings. The molecule has 5 nitrogen and oxygen atoms in total. The molecule has 1 heterocycles. The van der Waals surface area contributed by atoms with Gasteiger partial charge in [0.2, 0.25) is 0 Å². The number of nitrogens with zero attached hydrogens (tertiary/aromatic N) is 2. The first-order chi connectivity index (χ1) is 8.60. The molecule has 1 aromatic heterocycles. The van der Waals surface area contributed by atoms with Crippen LogP contribution in [0.15, 0.2) is 30.5 Å². The molecule has 0 saturated heterocycles. The summed E-state index contributed by atoms with van der Waals surface area (Å²) in [6, 6.07) is 7.15. The van der Waals surface area contributed by atoms with Gasteiger partial charge in [0.1, 0.15) is 0 Å². The summed E-state index contributed by atoms with van der Waals surface area (Å²) in [7, 11) is 0. The SMILES string of the molecule is Cc1nn(-c2ccc(CC(=O)O)cc2)cc1CO. The number of aliphatic hydroxyl groups excluding tert-OH is 1. The Kier molecular flexibility index (Phi) is 3.43. The van der Waals surface area contributed by atoms with Crippen molar-refractivity contribution < 1.29 is 15.0 Å². The molecule has 0 amide bonds. The highest BCUT2D eigenvalue weighted by Crippen LogP contribution is 2.13. The summed E-state index contributed by atoms with van der Waals surface area (Å²) in [5, 5.41) is 22.1. The van der Waals surface area contributed by atoms with Crippen molar-refractivity contribution in [1.82, 2.24) is 9.78 Å². The molecule has 1 aromatic carbocycles. The number of hydrogen-bond acceptors (Lipinski definition) is 3. The van der Waals surface area contributed by atoms with Gasteiger partial charge in [0.05, 0.1) is 24.4 Å². The second-order valence-electron chi connectivity index (χ2n) is 4.08. The molecule has 0 aliphatic rings. The van der Waals surface area contributed by atoms with Crippen molar-refractivity contribution in [3.63, 3.8) is 0 Å².